The van der Waals surface area contributed by atoms with Crippen molar-refractivity contribution in [3.05, 3.63) is 119 Å². The van der Waals surface area contributed by atoms with Crippen molar-refractivity contribution >= 4 is 16.8 Å². The normalized spacial score (nSPS) is 15.6. The second-order valence-corrected chi connectivity index (χ2v) is 9.31. The van der Waals surface area contributed by atoms with Crippen molar-refractivity contribution in [2.75, 3.05) is 14.2 Å². The molecule has 4 aromatic carbocycles. The van der Waals surface area contributed by atoms with Crippen LogP contribution in [0.25, 0.3) is 22.2 Å². The zero-order valence-corrected chi connectivity index (χ0v) is 21.1. The van der Waals surface area contributed by atoms with Gasteiger partial charge in [-0.3, -0.25) is 4.79 Å². The lowest BCUT2D eigenvalue weighted by Crippen LogP contribution is -2.31. The molecule has 0 unspecified atom stereocenters. The third-order valence-corrected chi connectivity index (χ3v) is 7.39. The number of hydrogen-bond acceptors (Lipinski definition) is 3. The minimum absolute atomic E-state index is 0.0331. The Hall–Kier alpha value is -4.51. The molecule has 0 spiro atoms. The fourth-order valence-electron chi connectivity index (χ4n) is 5.59. The average Bonchev–Trinajstić information content (AvgIpc) is 3.47. The molecule has 1 aliphatic rings. The number of benzene rings is 4. The van der Waals surface area contributed by atoms with Crippen molar-refractivity contribution in [3.63, 3.8) is 0 Å². The van der Waals surface area contributed by atoms with Gasteiger partial charge in [0.05, 0.1) is 32.0 Å². The number of hydrogen-bond donors (Lipinski definition) is 1. The van der Waals surface area contributed by atoms with Gasteiger partial charge in [-0.05, 0) is 48.4 Å². The van der Waals surface area contributed by atoms with E-state index in [1.165, 1.54) is 0 Å². The first-order valence-electron chi connectivity index (χ1n) is 12.4. The zero-order chi connectivity index (χ0) is 25.5. The molecule has 0 aliphatic carbocycles. The lowest BCUT2D eigenvalue weighted by atomic mass is 9.92. The number of methoxy groups -OCH3 is 2. The minimum Gasteiger partial charge on any atom is -0.497 e. The number of carbonyl (C=O) groups is 1. The number of nitrogens with zero attached hydrogens (tertiary/aromatic N) is 1. The van der Waals surface area contributed by atoms with E-state index in [1.54, 1.807) is 14.2 Å². The Balaban J connectivity index is 1.65. The Morgan fingerprint density at radius 1 is 0.811 bits per heavy atom. The van der Waals surface area contributed by atoms with Gasteiger partial charge in [0.25, 0.3) is 5.91 Å². The highest BCUT2D eigenvalue weighted by Gasteiger charge is 2.43. The van der Waals surface area contributed by atoms with E-state index in [9.17, 15) is 4.79 Å². The summed E-state index contributed by atoms with van der Waals surface area (Å²) in [4.78, 5) is 19.7. The minimum atomic E-state index is -0.291. The van der Waals surface area contributed by atoms with Crippen molar-refractivity contribution < 1.29 is 14.3 Å². The van der Waals surface area contributed by atoms with E-state index in [2.05, 4.69) is 42.2 Å². The van der Waals surface area contributed by atoms with Gasteiger partial charge in [0, 0.05) is 27.6 Å². The maximum Gasteiger partial charge on any atom is 0.255 e. The fraction of sp³-hybridized carbons (Fsp3) is 0.156. The van der Waals surface area contributed by atoms with Crippen molar-refractivity contribution in [2.24, 2.45) is 0 Å². The molecule has 0 saturated carbocycles. The zero-order valence-electron chi connectivity index (χ0n) is 21.1. The Labute approximate surface area is 216 Å². The van der Waals surface area contributed by atoms with Crippen LogP contribution in [0.4, 0.5) is 0 Å². The van der Waals surface area contributed by atoms with E-state index in [1.807, 2.05) is 71.6 Å². The van der Waals surface area contributed by atoms with Crippen LogP contribution in [0.1, 0.15) is 46.1 Å². The molecule has 5 aromatic rings. The molecule has 0 radical (unpaired) electrons. The van der Waals surface area contributed by atoms with E-state index in [0.29, 0.717) is 0 Å². The molecule has 1 N–H and O–H groups in total. The highest BCUT2D eigenvalue weighted by molar-refractivity contribution is 6.02. The van der Waals surface area contributed by atoms with E-state index < -0.39 is 0 Å². The summed E-state index contributed by atoms with van der Waals surface area (Å²) in [5.41, 5.74) is 6.68. The fourth-order valence-corrected chi connectivity index (χ4v) is 5.59. The first-order chi connectivity index (χ1) is 18.1. The van der Waals surface area contributed by atoms with Crippen molar-refractivity contribution in [2.45, 2.75) is 19.0 Å². The lowest BCUT2D eigenvalue weighted by Gasteiger charge is -2.32. The van der Waals surface area contributed by atoms with Crippen LogP contribution < -0.4 is 9.47 Å². The summed E-state index contributed by atoms with van der Waals surface area (Å²) in [5.74, 6) is 1.50. The topological polar surface area (TPSA) is 54.6 Å². The molecule has 5 heteroatoms. The highest BCUT2D eigenvalue weighted by atomic mass is 16.5. The Kier molecular flexibility index (Phi) is 5.68. The summed E-state index contributed by atoms with van der Waals surface area (Å²) in [7, 11) is 3.33. The van der Waals surface area contributed by atoms with Crippen molar-refractivity contribution in [3.8, 4) is 22.8 Å². The van der Waals surface area contributed by atoms with Crippen LogP contribution >= 0.6 is 0 Å². The van der Waals surface area contributed by atoms with Gasteiger partial charge in [0.1, 0.15) is 11.5 Å². The first-order valence-corrected chi connectivity index (χ1v) is 12.4. The predicted octanol–water partition coefficient (Wildman–Crippen LogP) is 7.16. The van der Waals surface area contributed by atoms with Gasteiger partial charge >= 0.3 is 0 Å². The van der Waals surface area contributed by atoms with Crippen LogP contribution in [0, 0.1) is 0 Å². The van der Waals surface area contributed by atoms with Crippen LogP contribution in [0.15, 0.2) is 97.1 Å². The van der Waals surface area contributed by atoms with Crippen LogP contribution in [-0.4, -0.2) is 30.0 Å². The number of amides is 1. The number of para-hydroxylation sites is 1. The number of H-pyrrole nitrogens is 1. The molecule has 1 aliphatic heterocycles. The second kappa shape index (κ2) is 9.17. The molecule has 2 heterocycles. The number of carbonyl (C=O) groups excluding carboxylic acids is 1. The summed E-state index contributed by atoms with van der Waals surface area (Å²) in [6.45, 7) is 2.10. The highest BCUT2D eigenvalue weighted by Crippen LogP contribution is 2.49. The third-order valence-electron chi connectivity index (χ3n) is 7.39. The van der Waals surface area contributed by atoms with Crippen LogP contribution in [0.2, 0.25) is 0 Å². The number of ether oxygens (including phenoxy) is 2. The van der Waals surface area contributed by atoms with Gasteiger partial charge in [-0.1, -0.05) is 66.7 Å². The van der Waals surface area contributed by atoms with Gasteiger partial charge < -0.3 is 19.4 Å². The van der Waals surface area contributed by atoms with Gasteiger partial charge in [-0.2, -0.15) is 0 Å². The van der Waals surface area contributed by atoms with Crippen LogP contribution in [0.3, 0.4) is 0 Å². The molecule has 0 saturated heterocycles. The number of aromatic amines is 1. The van der Waals surface area contributed by atoms with Crippen molar-refractivity contribution in [1.82, 2.24) is 9.88 Å². The SMILES string of the molecule is COc1ccc(OC)c(-c2[nH]c3ccccc3c2[C@H]2c3ccccc3C(=O)N2[C@@H](C)c2ccccc2)c1. The van der Waals surface area contributed by atoms with E-state index in [4.69, 9.17) is 9.47 Å². The lowest BCUT2D eigenvalue weighted by molar-refractivity contribution is 0.0678. The number of fused-ring (bicyclic) bond motifs is 2. The molecule has 5 nitrogen and oxygen atoms in total. The van der Waals surface area contributed by atoms with E-state index in [-0.39, 0.29) is 18.0 Å². The molecule has 0 bridgehead atoms. The molecule has 2 atom stereocenters. The summed E-state index contributed by atoms with van der Waals surface area (Å²) < 4.78 is 11.4. The summed E-state index contributed by atoms with van der Waals surface area (Å²) in [6.07, 6.45) is 0. The van der Waals surface area contributed by atoms with Crippen LogP contribution in [-0.2, 0) is 0 Å². The number of aromatic nitrogens is 1. The Morgan fingerprint density at radius 3 is 2.32 bits per heavy atom. The molecule has 37 heavy (non-hydrogen) atoms. The third kappa shape index (κ3) is 3.66. The van der Waals surface area contributed by atoms with Gasteiger partial charge in [0.2, 0.25) is 0 Å². The number of nitrogens with one attached hydrogen (secondary N) is 1. The molecular formula is C32H28N2O3. The Morgan fingerprint density at radius 2 is 1.54 bits per heavy atom. The first kappa shape index (κ1) is 22.9. The van der Waals surface area contributed by atoms with E-state index in [0.717, 1.165) is 55.9 Å². The summed E-state index contributed by atoms with van der Waals surface area (Å²) >= 11 is 0. The largest absolute Gasteiger partial charge is 0.497 e. The monoisotopic (exact) mass is 488 g/mol. The quantitative estimate of drug-likeness (QED) is 0.276. The van der Waals surface area contributed by atoms with Gasteiger partial charge in [-0.15, -0.1) is 0 Å². The standard InChI is InChI=1S/C32H28N2O3/c1-20(21-11-5-4-6-12-21)34-31(23-13-7-8-14-24(23)32(34)35)29-25-15-9-10-16-27(25)33-30(29)26-19-22(36-2)17-18-28(26)37-3/h4-20,31,33H,1-3H3/t20-,31+/m0/s1. The van der Waals surface area contributed by atoms with E-state index >= 15 is 0 Å². The average molecular weight is 489 g/mol. The number of rotatable bonds is 6. The predicted molar refractivity (Wildman–Crippen MR) is 146 cm³/mol. The molecule has 0 fully saturated rings. The molecule has 184 valence electrons. The van der Waals surface area contributed by atoms with Gasteiger partial charge in [-0.25, -0.2) is 0 Å². The Bertz CT molecular complexity index is 1610. The van der Waals surface area contributed by atoms with Gasteiger partial charge in [0.15, 0.2) is 0 Å². The maximum absolute atomic E-state index is 14.0. The van der Waals surface area contributed by atoms with Crippen LogP contribution in [0.5, 0.6) is 11.5 Å². The molecule has 6 rings (SSSR count). The van der Waals surface area contributed by atoms with Crippen molar-refractivity contribution in [1.29, 1.82) is 0 Å². The second-order valence-electron chi connectivity index (χ2n) is 9.31. The smallest absolute Gasteiger partial charge is 0.255 e. The molecule has 1 amide bonds. The summed E-state index contributed by atoms with van der Waals surface area (Å²) in [5, 5.41) is 1.07. The molecule has 1 aromatic heterocycles. The maximum atomic E-state index is 14.0. The molecular weight excluding hydrogens is 460 g/mol. The summed E-state index contributed by atoms with van der Waals surface area (Å²) in [6, 6.07) is 31.8.